The van der Waals surface area contributed by atoms with E-state index < -0.39 is 0 Å². The van der Waals surface area contributed by atoms with E-state index in [0.29, 0.717) is 16.3 Å². The summed E-state index contributed by atoms with van der Waals surface area (Å²) >= 11 is 5.81. The Morgan fingerprint density at radius 2 is 1.88 bits per heavy atom. The zero-order valence-electron chi connectivity index (χ0n) is 14.6. The van der Waals surface area contributed by atoms with Gasteiger partial charge in [-0.1, -0.05) is 11.6 Å². The van der Waals surface area contributed by atoms with Crippen LogP contribution in [0.25, 0.3) is 11.0 Å². The van der Waals surface area contributed by atoms with Crippen LogP contribution in [-0.2, 0) is 4.79 Å². The molecule has 1 amide bonds. The van der Waals surface area contributed by atoms with E-state index in [9.17, 15) is 9.59 Å². The molecule has 1 aromatic carbocycles. The van der Waals surface area contributed by atoms with Gasteiger partial charge in [-0.05, 0) is 44.2 Å². The van der Waals surface area contributed by atoms with Crippen LogP contribution < -0.4 is 5.32 Å². The highest BCUT2D eigenvalue weighted by Crippen LogP contribution is 2.19. The molecule has 0 aliphatic rings. The summed E-state index contributed by atoms with van der Waals surface area (Å²) in [7, 11) is 0. The number of amides is 1. The second kappa shape index (κ2) is 7.66. The van der Waals surface area contributed by atoms with Crippen LogP contribution in [0.15, 0.2) is 42.7 Å². The summed E-state index contributed by atoms with van der Waals surface area (Å²) in [5.41, 5.74) is 1.91. The molecular formula is C19H19ClN4O2. The number of fused-ring (bicyclic) bond motifs is 1. The average molecular weight is 371 g/mol. The Balaban J connectivity index is 1.60. The van der Waals surface area contributed by atoms with Gasteiger partial charge in [0.2, 0.25) is 5.91 Å². The van der Waals surface area contributed by atoms with E-state index in [2.05, 4.69) is 15.4 Å². The van der Waals surface area contributed by atoms with Crippen molar-refractivity contribution in [3.8, 4) is 0 Å². The average Bonchev–Trinajstić information content (AvgIpc) is 3.03. The molecule has 26 heavy (non-hydrogen) atoms. The number of nitrogens with one attached hydrogen (secondary N) is 1. The lowest BCUT2D eigenvalue weighted by Crippen LogP contribution is -2.13. The number of hydrogen-bond donors (Lipinski definition) is 1. The van der Waals surface area contributed by atoms with Crippen LogP contribution in [0.3, 0.4) is 0 Å². The van der Waals surface area contributed by atoms with Crippen LogP contribution in [0, 0.1) is 0 Å². The Bertz CT molecular complexity index is 948. The highest BCUT2D eigenvalue weighted by Gasteiger charge is 2.12. The van der Waals surface area contributed by atoms with E-state index in [1.165, 1.54) is 0 Å². The Morgan fingerprint density at radius 3 is 2.58 bits per heavy atom. The molecule has 0 radical (unpaired) electrons. The number of aromatic nitrogens is 3. The largest absolute Gasteiger partial charge is 0.325 e. The Kier molecular flexibility index (Phi) is 5.32. The van der Waals surface area contributed by atoms with Gasteiger partial charge >= 0.3 is 0 Å². The Hall–Kier alpha value is -2.73. The van der Waals surface area contributed by atoms with Crippen LogP contribution in [0.1, 0.15) is 43.1 Å². The van der Waals surface area contributed by atoms with Crippen molar-refractivity contribution in [3.63, 3.8) is 0 Å². The molecular weight excluding hydrogens is 352 g/mol. The molecule has 0 unspecified atom stereocenters. The first-order valence-electron chi connectivity index (χ1n) is 8.36. The number of carbonyl (C=O) groups is 2. The SMILES string of the molecule is CC(C)n1ncc2cc(NC(=O)CCC(=O)c3ccc(Cl)cc3)cnc21. The number of carbonyl (C=O) groups excluding carboxylic acids is 2. The lowest BCUT2D eigenvalue weighted by atomic mass is 10.1. The van der Waals surface area contributed by atoms with Gasteiger partial charge in [0.1, 0.15) is 0 Å². The molecule has 7 heteroatoms. The van der Waals surface area contributed by atoms with Crippen molar-refractivity contribution in [3.05, 3.63) is 53.3 Å². The number of ketones is 1. The number of rotatable bonds is 6. The predicted octanol–water partition coefficient (Wildman–Crippen LogP) is 4.27. The van der Waals surface area contributed by atoms with E-state index in [1.807, 2.05) is 24.6 Å². The van der Waals surface area contributed by atoms with Crippen molar-refractivity contribution in [2.24, 2.45) is 0 Å². The lowest BCUT2D eigenvalue weighted by molar-refractivity contribution is -0.116. The third-order valence-electron chi connectivity index (χ3n) is 3.95. The Morgan fingerprint density at radius 1 is 1.15 bits per heavy atom. The summed E-state index contributed by atoms with van der Waals surface area (Å²) in [5, 5.41) is 8.51. The van der Waals surface area contributed by atoms with Gasteiger partial charge in [0, 0.05) is 34.9 Å². The molecule has 0 aliphatic heterocycles. The van der Waals surface area contributed by atoms with Crippen molar-refractivity contribution in [1.29, 1.82) is 0 Å². The molecule has 134 valence electrons. The second-order valence-electron chi connectivity index (χ2n) is 6.30. The zero-order valence-corrected chi connectivity index (χ0v) is 15.3. The maximum atomic E-state index is 12.1. The number of hydrogen-bond acceptors (Lipinski definition) is 4. The summed E-state index contributed by atoms with van der Waals surface area (Å²) in [6, 6.07) is 8.67. The summed E-state index contributed by atoms with van der Waals surface area (Å²) in [6.45, 7) is 4.06. The van der Waals surface area contributed by atoms with E-state index >= 15 is 0 Å². The van der Waals surface area contributed by atoms with E-state index in [-0.39, 0.29) is 30.6 Å². The normalized spacial score (nSPS) is 11.1. The monoisotopic (exact) mass is 370 g/mol. The van der Waals surface area contributed by atoms with Crippen LogP contribution in [0.4, 0.5) is 5.69 Å². The van der Waals surface area contributed by atoms with Crippen LogP contribution in [0.5, 0.6) is 0 Å². The minimum Gasteiger partial charge on any atom is -0.325 e. The third-order valence-corrected chi connectivity index (χ3v) is 4.20. The molecule has 2 aromatic heterocycles. The van der Waals surface area contributed by atoms with Gasteiger partial charge in [0.05, 0.1) is 18.1 Å². The second-order valence-corrected chi connectivity index (χ2v) is 6.73. The highest BCUT2D eigenvalue weighted by atomic mass is 35.5. The van der Waals surface area contributed by atoms with E-state index in [0.717, 1.165) is 11.0 Å². The molecule has 0 spiro atoms. The molecule has 0 atom stereocenters. The molecule has 0 saturated carbocycles. The first-order chi connectivity index (χ1) is 12.4. The topological polar surface area (TPSA) is 76.9 Å². The summed E-state index contributed by atoms with van der Waals surface area (Å²) in [6.07, 6.45) is 3.56. The summed E-state index contributed by atoms with van der Waals surface area (Å²) in [5.74, 6) is -0.326. The van der Waals surface area contributed by atoms with Crippen molar-refractivity contribution in [2.45, 2.75) is 32.7 Å². The van der Waals surface area contributed by atoms with Crippen molar-refractivity contribution < 1.29 is 9.59 Å². The molecule has 1 N–H and O–H groups in total. The summed E-state index contributed by atoms with van der Waals surface area (Å²) in [4.78, 5) is 28.6. The molecule has 0 fully saturated rings. The fraction of sp³-hybridized carbons (Fsp3) is 0.263. The van der Waals surface area contributed by atoms with Gasteiger partial charge in [0.15, 0.2) is 11.4 Å². The van der Waals surface area contributed by atoms with Gasteiger partial charge in [-0.2, -0.15) is 5.10 Å². The molecule has 0 bridgehead atoms. The summed E-state index contributed by atoms with van der Waals surface area (Å²) < 4.78 is 1.83. The number of anilines is 1. The van der Waals surface area contributed by atoms with Crippen molar-refractivity contribution >= 4 is 40.0 Å². The van der Waals surface area contributed by atoms with Gasteiger partial charge in [-0.15, -0.1) is 0 Å². The maximum Gasteiger partial charge on any atom is 0.224 e. The fourth-order valence-electron chi connectivity index (χ4n) is 2.62. The smallest absolute Gasteiger partial charge is 0.224 e. The van der Waals surface area contributed by atoms with Gasteiger partial charge in [-0.25, -0.2) is 9.67 Å². The van der Waals surface area contributed by atoms with E-state index in [4.69, 9.17) is 11.6 Å². The molecule has 3 aromatic rings. The quantitative estimate of drug-likeness (QED) is 0.657. The van der Waals surface area contributed by atoms with Crippen LogP contribution in [0.2, 0.25) is 5.02 Å². The zero-order chi connectivity index (χ0) is 18.7. The maximum absolute atomic E-state index is 12.1. The molecule has 0 saturated heterocycles. The number of Topliss-reactive ketones (excluding diaryl/α,β-unsaturated/α-hetero) is 1. The van der Waals surface area contributed by atoms with Gasteiger partial charge in [0.25, 0.3) is 0 Å². The van der Waals surface area contributed by atoms with Crippen molar-refractivity contribution in [2.75, 3.05) is 5.32 Å². The fourth-order valence-corrected chi connectivity index (χ4v) is 2.74. The first-order valence-corrected chi connectivity index (χ1v) is 8.73. The number of halogens is 1. The number of pyridine rings is 1. The highest BCUT2D eigenvalue weighted by molar-refractivity contribution is 6.30. The molecule has 3 rings (SSSR count). The number of benzene rings is 1. The minimum absolute atomic E-state index is 0.0939. The van der Waals surface area contributed by atoms with Gasteiger partial charge < -0.3 is 5.32 Å². The predicted molar refractivity (Wildman–Crippen MR) is 102 cm³/mol. The van der Waals surface area contributed by atoms with Crippen LogP contribution >= 0.6 is 11.6 Å². The lowest BCUT2D eigenvalue weighted by Gasteiger charge is -2.07. The number of nitrogens with zero attached hydrogens (tertiary/aromatic N) is 3. The van der Waals surface area contributed by atoms with Crippen molar-refractivity contribution in [1.82, 2.24) is 14.8 Å². The standard InChI is InChI=1S/C19H19ClN4O2/c1-12(2)24-19-14(10-22-24)9-16(11-21-19)23-18(26)8-7-17(25)13-3-5-15(20)6-4-13/h3-6,9-12H,7-8H2,1-2H3,(H,23,26). The third kappa shape index (κ3) is 4.08. The van der Waals surface area contributed by atoms with Crippen LogP contribution in [-0.4, -0.2) is 26.5 Å². The molecule has 0 aliphatic carbocycles. The Labute approximate surface area is 156 Å². The van der Waals surface area contributed by atoms with Gasteiger partial charge in [-0.3, -0.25) is 9.59 Å². The minimum atomic E-state index is -0.232. The first kappa shape index (κ1) is 18.1. The van der Waals surface area contributed by atoms with E-state index in [1.54, 1.807) is 36.7 Å². The molecule has 6 nitrogen and oxygen atoms in total. The molecule has 2 heterocycles.